The third kappa shape index (κ3) is 41.7. The standard InChI is InChI=1S/2C3H10NSi.2Li/c2*1-4-5(2)3;;/h2*5H,1-3H3;;/q2*-1;2*+1. The molecule has 0 bridgehead atoms. The minimum absolute atomic E-state index is 0. The van der Waals surface area contributed by atoms with Crippen molar-refractivity contribution in [2.45, 2.75) is 26.2 Å². The van der Waals surface area contributed by atoms with Crippen LogP contribution in [0.15, 0.2) is 0 Å². The molecule has 0 aliphatic carbocycles. The van der Waals surface area contributed by atoms with Crippen molar-refractivity contribution in [2.75, 3.05) is 14.1 Å². The van der Waals surface area contributed by atoms with Crippen LogP contribution in [-0.4, -0.2) is 32.0 Å². The van der Waals surface area contributed by atoms with Gasteiger partial charge in [0.2, 0.25) is 0 Å². The SMILES string of the molecule is C[N-][SiH](C)C.C[N-][SiH](C)C.[Li+].[Li+]. The Hall–Kier alpha value is 1.55. The molecule has 2 nitrogen and oxygen atoms in total. The van der Waals surface area contributed by atoms with Gasteiger partial charge in [0.15, 0.2) is 0 Å². The minimum atomic E-state index is -0.525. The Labute approximate surface area is 105 Å². The second-order valence-corrected chi connectivity index (χ2v) is 8.11. The first-order chi connectivity index (χ1) is 4.54. The van der Waals surface area contributed by atoms with Crippen LogP contribution in [0.3, 0.4) is 0 Å². The van der Waals surface area contributed by atoms with Crippen molar-refractivity contribution < 1.29 is 37.7 Å². The molecule has 0 spiro atoms. The monoisotopic (exact) mass is 190 g/mol. The maximum absolute atomic E-state index is 4.03. The van der Waals surface area contributed by atoms with Crippen LogP contribution in [0.25, 0.3) is 9.96 Å². The van der Waals surface area contributed by atoms with E-state index in [1.54, 1.807) is 0 Å². The number of hydrogen-bond donors (Lipinski definition) is 0. The van der Waals surface area contributed by atoms with Gasteiger partial charge in [0, 0.05) is 0 Å². The largest absolute Gasteiger partial charge is 1.00 e. The van der Waals surface area contributed by atoms with Crippen molar-refractivity contribution in [3.8, 4) is 0 Å². The smallest absolute Gasteiger partial charge is 0.670 e. The van der Waals surface area contributed by atoms with E-state index < -0.39 is 17.9 Å². The molecule has 0 aromatic carbocycles. The van der Waals surface area contributed by atoms with Crippen molar-refractivity contribution >= 4 is 17.9 Å². The fourth-order valence-corrected chi connectivity index (χ4v) is 0. The first-order valence-corrected chi connectivity index (χ1v) is 9.37. The summed E-state index contributed by atoms with van der Waals surface area (Å²) in [5.74, 6) is 0. The Morgan fingerprint density at radius 3 is 0.750 bits per heavy atom. The molecule has 0 aliphatic heterocycles. The van der Waals surface area contributed by atoms with E-state index in [2.05, 4.69) is 36.2 Å². The summed E-state index contributed by atoms with van der Waals surface area (Å²) in [5.41, 5.74) is 0. The Kier molecular flexibility index (Phi) is 35.8. The summed E-state index contributed by atoms with van der Waals surface area (Å²) >= 11 is 0. The molecule has 0 unspecified atom stereocenters. The van der Waals surface area contributed by atoms with Crippen LogP contribution in [0.5, 0.6) is 0 Å². The van der Waals surface area contributed by atoms with Gasteiger partial charge in [-0.05, 0) is 0 Å². The molecule has 0 saturated carbocycles. The summed E-state index contributed by atoms with van der Waals surface area (Å²) in [4.78, 5) is 8.06. The summed E-state index contributed by atoms with van der Waals surface area (Å²) in [5, 5.41) is 0. The van der Waals surface area contributed by atoms with E-state index in [-0.39, 0.29) is 37.7 Å². The molecule has 0 aromatic heterocycles. The second-order valence-electron chi connectivity index (χ2n) is 2.70. The van der Waals surface area contributed by atoms with Crippen molar-refractivity contribution in [2.24, 2.45) is 0 Å². The van der Waals surface area contributed by atoms with Gasteiger partial charge in [-0.2, -0.15) is 14.1 Å². The fraction of sp³-hybridized carbons (Fsp3) is 1.00. The average Bonchev–Trinajstić information content (AvgIpc) is 1.89. The normalized spacial score (nSPS) is 8.00. The van der Waals surface area contributed by atoms with Gasteiger partial charge in [0.1, 0.15) is 0 Å². The van der Waals surface area contributed by atoms with Crippen LogP contribution in [0.4, 0.5) is 0 Å². The van der Waals surface area contributed by atoms with E-state index in [0.29, 0.717) is 0 Å². The van der Waals surface area contributed by atoms with E-state index in [1.165, 1.54) is 0 Å². The van der Waals surface area contributed by atoms with Crippen LogP contribution >= 0.6 is 0 Å². The molecule has 12 heavy (non-hydrogen) atoms. The number of hydrogen-bond acceptors (Lipinski definition) is 0. The summed E-state index contributed by atoms with van der Waals surface area (Å²) in [6.45, 7) is 8.78. The van der Waals surface area contributed by atoms with Gasteiger partial charge in [-0.25, -0.2) is 0 Å². The predicted octanol–water partition coefficient (Wildman–Crippen LogP) is -4.05. The number of nitrogens with zero attached hydrogens (tertiary/aromatic N) is 2. The van der Waals surface area contributed by atoms with Gasteiger partial charge in [0.25, 0.3) is 0 Å². The van der Waals surface area contributed by atoms with Crippen molar-refractivity contribution in [1.82, 2.24) is 0 Å². The molecular weight excluding hydrogens is 170 g/mol. The second kappa shape index (κ2) is 18.4. The summed E-state index contributed by atoms with van der Waals surface area (Å²) in [7, 11) is 2.72. The maximum Gasteiger partial charge on any atom is 1.00 e. The molecule has 0 rings (SSSR count). The van der Waals surface area contributed by atoms with Crippen molar-refractivity contribution in [1.29, 1.82) is 0 Å². The molecule has 0 heterocycles. The average molecular weight is 190 g/mol. The Morgan fingerprint density at radius 2 is 0.750 bits per heavy atom. The molecular formula is C6H20Li2N2Si2. The predicted molar refractivity (Wildman–Crippen MR) is 56.3 cm³/mol. The van der Waals surface area contributed by atoms with Crippen LogP contribution in [-0.2, 0) is 0 Å². The fourth-order valence-electron chi connectivity index (χ4n) is 0. The Morgan fingerprint density at radius 1 is 0.667 bits per heavy atom. The van der Waals surface area contributed by atoms with E-state index in [9.17, 15) is 0 Å². The van der Waals surface area contributed by atoms with Gasteiger partial charge in [-0.15, -0.1) is 0 Å². The molecule has 64 valence electrons. The van der Waals surface area contributed by atoms with E-state index in [4.69, 9.17) is 0 Å². The first-order valence-electron chi connectivity index (χ1n) is 3.72. The Bertz CT molecular complexity index is 57.5. The van der Waals surface area contributed by atoms with Gasteiger partial charge in [-0.1, -0.05) is 44.1 Å². The molecule has 0 amide bonds. The number of rotatable bonds is 2. The van der Waals surface area contributed by atoms with Gasteiger partial charge in [-0.3, -0.25) is 0 Å². The van der Waals surface area contributed by atoms with E-state index >= 15 is 0 Å². The molecule has 0 atom stereocenters. The molecule has 0 aromatic rings. The molecule has 0 aliphatic rings. The zero-order chi connectivity index (χ0) is 8.57. The summed E-state index contributed by atoms with van der Waals surface area (Å²) in [6.07, 6.45) is 0. The summed E-state index contributed by atoms with van der Waals surface area (Å²) < 4.78 is 0. The molecule has 0 radical (unpaired) electrons. The zero-order valence-electron chi connectivity index (χ0n) is 10.0. The van der Waals surface area contributed by atoms with Gasteiger partial charge in [0.05, 0.1) is 0 Å². The zero-order valence-corrected chi connectivity index (χ0v) is 12.4. The molecule has 0 saturated heterocycles. The van der Waals surface area contributed by atoms with Gasteiger partial charge < -0.3 is 9.96 Å². The van der Waals surface area contributed by atoms with Crippen LogP contribution in [0.1, 0.15) is 0 Å². The third-order valence-corrected chi connectivity index (χ3v) is 3.10. The minimum Gasteiger partial charge on any atom is -0.670 e. The van der Waals surface area contributed by atoms with Crippen LogP contribution in [0.2, 0.25) is 26.2 Å². The summed E-state index contributed by atoms with van der Waals surface area (Å²) in [6, 6.07) is 0. The molecule has 0 fully saturated rings. The van der Waals surface area contributed by atoms with E-state index in [0.717, 1.165) is 0 Å². The van der Waals surface area contributed by atoms with Crippen molar-refractivity contribution in [3.05, 3.63) is 9.96 Å². The van der Waals surface area contributed by atoms with Gasteiger partial charge >= 0.3 is 37.7 Å². The third-order valence-electron chi connectivity index (χ3n) is 1.03. The topological polar surface area (TPSA) is 28.2 Å². The van der Waals surface area contributed by atoms with E-state index in [1.807, 2.05) is 14.1 Å². The van der Waals surface area contributed by atoms with Crippen LogP contribution < -0.4 is 37.7 Å². The Balaban J connectivity index is -0.0000000457. The molecule has 0 N–H and O–H groups in total. The quantitative estimate of drug-likeness (QED) is 0.397. The van der Waals surface area contributed by atoms with Crippen molar-refractivity contribution in [3.63, 3.8) is 0 Å². The van der Waals surface area contributed by atoms with Crippen LogP contribution in [0, 0.1) is 0 Å². The first kappa shape index (κ1) is 23.4. The maximum atomic E-state index is 4.03. The molecule has 6 heteroatoms.